The molecule has 1 saturated heterocycles. The Morgan fingerprint density at radius 1 is 0.926 bits per heavy atom. The van der Waals surface area contributed by atoms with E-state index in [2.05, 4.69) is 5.32 Å². The van der Waals surface area contributed by atoms with Crippen molar-refractivity contribution < 1.29 is 23.8 Å². The van der Waals surface area contributed by atoms with E-state index in [1.165, 1.54) is 27.4 Å². The van der Waals surface area contributed by atoms with E-state index in [1.54, 1.807) is 36.4 Å². The lowest BCUT2D eigenvalue weighted by atomic mass is 10.1. The van der Waals surface area contributed by atoms with Gasteiger partial charge in [0.1, 0.15) is 11.4 Å². The molecule has 1 aliphatic heterocycles. The van der Waals surface area contributed by atoms with E-state index in [0.717, 1.165) is 4.90 Å². The number of nitrogens with one attached hydrogen (secondary N) is 1. The SMILES string of the molecule is COc1cc(OC)c(OC)cc1/C=C1/NC(=O)N(c2ccc(Cl)cc2)C1=O. The Morgan fingerprint density at radius 3 is 2.11 bits per heavy atom. The highest BCUT2D eigenvalue weighted by Gasteiger charge is 2.35. The molecule has 8 heteroatoms. The second-order valence-corrected chi connectivity index (χ2v) is 5.99. The van der Waals surface area contributed by atoms with Crippen molar-refractivity contribution in [3.63, 3.8) is 0 Å². The molecule has 0 unspecified atom stereocenters. The van der Waals surface area contributed by atoms with Crippen LogP contribution in [0.3, 0.4) is 0 Å². The van der Waals surface area contributed by atoms with Crippen LogP contribution < -0.4 is 24.4 Å². The molecule has 1 heterocycles. The zero-order chi connectivity index (χ0) is 19.6. The van der Waals surface area contributed by atoms with Gasteiger partial charge in [-0.1, -0.05) is 11.6 Å². The van der Waals surface area contributed by atoms with Crippen molar-refractivity contribution in [3.05, 3.63) is 52.7 Å². The number of amides is 3. The third-order valence-corrected chi connectivity index (χ3v) is 4.25. The summed E-state index contributed by atoms with van der Waals surface area (Å²) in [5, 5.41) is 3.08. The average Bonchev–Trinajstić information content (AvgIpc) is 2.95. The van der Waals surface area contributed by atoms with Gasteiger partial charge in [-0.2, -0.15) is 0 Å². The number of halogens is 1. The second-order valence-electron chi connectivity index (χ2n) is 5.55. The van der Waals surface area contributed by atoms with Gasteiger partial charge in [0.2, 0.25) is 0 Å². The molecular weight excluding hydrogens is 372 g/mol. The Morgan fingerprint density at radius 2 is 1.52 bits per heavy atom. The van der Waals surface area contributed by atoms with Crippen LogP contribution in [-0.2, 0) is 4.79 Å². The number of hydrogen-bond acceptors (Lipinski definition) is 5. The zero-order valence-electron chi connectivity index (χ0n) is 14.9. The molecule has 0 atom stereocenters. The smallest absolute Gasteiger partial charge is 0.333 e. The van der Waals surface area contributed by atoms with Crippen molar-refractivity contribution in [2.45, 2.75) is 0 Å². The van der Waals surface area contributed by atoms with Gasteiger partial charge in [-0.3, -0.25) is 4.79 Å². The highest BCUT2D eigenvalue weighted by molar-refractivity contribution is 6.31. The van der Waals surface area contributed by atoms with Crippen LogP contribution in [0.1, 0.15) is 5.56 Å². The van der Waals surface area contributed by atoms with Crippen LogP contribution in [0.25, 0.3) is 6.08 Å². The van der Waals surface area contributed by atoms with Crippen LogP contribution in [0.4, 0.5) is 10.5 Å². The zero-order valence-corrected chi connectivity index (χ0v) is 15.7. The predicted octanol–water partition coefficient (Wildman–Crippen LogP) is 3.46. The van der Waals surface area contributed by atoms with Gasteiger partial charge in [-0.05, 0) is 36.4 Å². The Hall–Kier alpha value is -3.19. The summed E-state index contributed by atoms with van der Waals surface area (Å²) in [6, 6.07) is 9.17. The van der Waals surface area contributed by atoms with Gasteiger partial charge in [-0.25, -0.2) is 9.69 Å². The first kappa shape index (κ1) is 18.6. The molecule has 0 bridgehead atoms. The number of anilines is 1. The first-order valence-electron chi connectivity index (χ1n) is 7.91. The summed E-state index contributed by atoms with van der Waals surface area (Å²) >= 11 is 5.86. The predicted molar refractivity (Wildman–Crippen MR) is 102 cm³/mol. The molecule has 1 aliphatic rings. The lowest BCUT2D eigenvalue weighted by molar-refractivity contribution is -0.113. The minimum absolute atomic E-state index is 0.112. The molecule has 0 aliphatic carbocycles. The fraction of sp³-hybridized carbons (Fsp3) is 0.158. The summed E-state index contributed by atoms with van der Waals surface area (Å²) in [6.45, 7) is 0. The number of methoxy groups -OCH3 is 3. The molecule has 3 rings (SSSR count). The van der Waals surface area contributed by atoms with Gasteiger partial charge < -0.3 is 19.5 Å². The normalized spacial score (nSPS) is 15.1. The maximum atomic E-state index is 12.7. The summed E-state index contributed by atoms with van der Waals surface area (Å²) in [5.74, 6) is 0.934. The lowest BCUT2D eigenvalue weighted by Gasteiger charge is -2.13. The van der Waals surface area contributed by atoms with Gasteiger partial charge >= 0.3 is 6.03 Å². The molecule has 0 spiro atoms. The number of rotatable bonds is 5. The van der Waals surface area contributed by atoms with E-state index in [9.17, 15) is 9.59 Å². The maximum absolute atomic E-state index is 12.7. The molecule has 27 heavy (non-hydrogen) atoms. The van der Waals surface area contributed by atoms with E-state index >= 15 is 0 Å². The molecule has 0 aromatic heterocycles. The molecular formula is C19H17ClN2O5. The van der Waals surface area contributed by atoms with Gasteiger partial charge in [0, 0.05) is 16.7 Å². The largest absolute Gasteiger partial charge is 0.496 e. The monoisotopic (exact) mass is 388 g/mol. The van der Waals surface area contributed by atoms with Gasteiger partial charge in [-0.15, -0.1) is 0 Å². The number of hydrogen-bond donors (Lipinski definition) is 1. The van der Waals surface area contributed by atoms with Crippen LogP contribution >= 0.6 is 11.6 Å². The van der Waals surface area contributed by atoms with Crippen molar-refractivity contribution in [3.8, 4) is 17.2 Å². The van der Waals surface area contributed by atoms with E-state index in [1.807, 2.05) is 0 Å². The van der Waals surface area contributed by atoms with E-state index in [-0.39, 0.29) is 5.70 Å². The Bertz CT molecular complexity index is 924. The third-order valence-electron chi connectivity index (χ3n) is 4.00. The first-order valence-corrected chi connectivity index (χ1v) is 8.29. The van der Waals surface area contributed by atoms with Gasteiger partial charge in [0.05, 0.1) is 27.0 Å². The van der Waals surface area contributed by atoms with Crippen LogP contribution in [0, 0.1) is 0 Å². The van der Waals surface area contributed by atoms with Crippen molar-refractivity contribution in [1.29, 1.82) is 0 Å². The van der Waals surface area contributed by atoms with E-state index in [4.69, 9.17) is 25.8 Å². The van der Waals surface area contributed by atoms with Crippen molar-refractivity contribution in [1.82, 2.24) is 5.32 Å². The quantitative estimate of drug-likeness (QED) is 0.627. The third kappa shape index (κ3) is 3.54. The number of carbonyl (C=O) groups excluding carboxylic acids is 2. The fourth-order valence-corrected chi connectivity index (χ4v) is 2.81. The van der Waals surface area contributed by atoms with Crippen LogP contribution in [0.5, 0.6) is 17.2 Å². The maximum Gasteiger partial charge on any atom is 0.333 e. The summed E-state index contributed by atoms with van der Waals surface area (Å²) in [4.78, 5) is 26.1. The number of urea groups is 1. The van der Waals surface area contributed by atoms with E-state index < -0.39 is 11.9 Å². The molecule has 3 amide bonds. The summed E-state index contributed by atoms with van der Waals surface area (Å²) in [6.07, 6.45) is 1.52. The van der Waals surface area contributed by atoms with Crippen molar-refractivity contribution >= 4 is 35.3 Å². The van der Waals surface area contributed by atoms with Gasteiger partial charge in [0.25, 0.3) is 5.91 Å². The second kappa shape index (κ2) is 7.59. The van der Waals surface area contributed by atoms with Crippen molar-refractivity contribution in [2.24, 2.45) is 0 Å². The Labute approximate surface area is 161 Å². The Balaban J connectivity index is 1.99. The van der Waals surface area contributed by atoms with Crippen LogP contribution in [0.2, 0.25) is 5.02 Å². The Kier molecular flexibility index (Phi) is 5.23. The topological polar surface area (TPSA) is 77.1 Å². The number of benzene rings is 2. The van der Waals surface area contributed by atoms with Gasteiger partial charge in [0.15, 0.2) is 11.5 Å². The molecule has 0 saturated carbocycles. The lowest BCUT2D eigenvalue weighted by Crippen LogP contribution is -2.30. The van der Waals surface area contributed by atoms with Crippen LogP contribution in [0.15, 0.2) is 42.1 Å². The van der Waals surface area contributed by atoms with E-state index in [0.29, 0.717) is 33.5 Å². The molecule has 1 N–H and O–H groups in total. The number of nitrogens with zero attached hydrogens (tertiary/aromatic N) is 1. The molecule has 140 valence electrons. The fourth-order valence-electron chi connectivity index (χ4n) is 2.68. The minimum Gasteiger partial charge on any atom is -0.496 e. The number of ether oxygens (including phenoxy) is 3. The standard InChI is InChI=1S/C19H17ClN2O5/c1-25-15-10-17(27-3)16(26-2)9-11(15)8-14-18(23)22(19(24)21-14)13-6-4-12(20)5-7-13/h4-10H,1-3H3,(H,21,24)/b14-8+. The summed E-state index contributed by atoms with van der Waals surface area (Å²) < 4.78 is 15.9. The van der Waals surface area contributed by atoms with Crippen molar-refractivity contribution in [2.75, 3.05) is 26.2 Å². The molecule has 7 nitrogen and oxygen atoms in total. The molecule has 2 aromatic rings. The number of imide groups is 1. The minimum atomic E-state index is -0.548. The molecule has 0 radical (unpaired) electrons. The molecule has 2 aromatic carbocycles. The number of carbonyl (C=O) groups is 2. The highest BCUT2D eigenvalue weighted by atomic mass is 35.5. The van der Waals surface area contributed by atoms with Crippen LogP contribution in [-0.4, -0.2) is 33.3 Å². The highest BCUT2D eigenvalue weighted by Crippen LogP contribution is 2.36. The average molecular weight is 389 g/mol. The summed E-state index contributed by atoms with van der Waals surface area (Å²) in [5.41, 5.74) is 1.09. The molecule has 1 fully saturated rings. The summed E-state index contributed by atoms with van der Waals surface area (Å²) in [7, 11) is 4.52. The first-order chi connectivity index (χ1) is 13.0.